The first-order chi connectivity index (χ1) is 9.74. The van der Waals surface area contributed by atoms with Gasteiger partial charge in [-0.25, -0.2) is 4.39 Å². The van der Waals surface area contributed by atoms with Gasteiger partial charge in [-0.15, -0.1) is 0 Å². The fourth-order valence-electron chi connectivity index (χ4n) is 1.67. The molecule has 0 radical (unpaired) electrons. The van der Waals surface area contributed by atoms with E-state index in [1.165, 1.54) is 22.9 Å². The van der Waals surface area contributed by atoms with E-state index in [0.717, 1.165) is 0 Å². The third kappa shape index (κ3) is 2.28. The molecule has 2 aromatic carbocycles. The summed E-state index contributed by atoms with van der Waals surface area (Å²) in [4.78, 5) is 0. The summed E-state index contributed by atoms with van der Waals surface area (Å²) in [6.07, 6.45) is 0. The summed E-state index contributed by atoms with van der Waals surface area (Å²) < 4.78 is 20.5. The fourth-order valence-corrected chi connectivity index (χ4v) is 1.67. The maximum Gasteiger partial charge on any atom is 0.346 e. The Labute approximate surface area is 113 Å². The molecule has 100 valence electrons. The summed E-state index contributed by atoms with van der Waals surface area (Å²) in [5.41, 5.74) is 6.51. The van der Waals surface area contributed by atoms with E-state index in [-0.39, 0.29) is 11.8 Å². The first-order valence-corrected chi connectivity index (χ1v) is 5.81. The Bertz CT molecular complexity index is 729. The average Bonchev–Trinajstić information content (AvgIpc) is 2.91. The van der Waals surface area contributed by atoms with Crippen LogP contribution in [0.1, 0.15) is 0 Å². The average molecular weight is 271 g/mol. The maximum absolute atomic E-state index is 13.7. The quantitative estimate of drug-likeness (QED) is 0.738. The van der Waals surface area contributed by atoms with Crippen LogP contribution < -0.4 is 10.5 Å². The van der Waals surface area contributed by atoms with Gasteiger partial charge in [0.05, 0.1) is 5.69 Å². The van der Waals surface area contributed by atoms with Crippen LogP contribution in [-0.4, -0.2) is 20.2 Å². The molecule has 0 saturated heterocycles. The number of aromatic nitrogens is 4. The number of halogens is 1. The second-order valence-electron chi connectivity index (χ2n) is 4.00. The minimum absolute atomic E-state index is 0.00572. The third-order valence-electron chi connectivity index (χ3n) is 2.60. The largest absolute Gasteiger partial charge is 0.420 e. The highest BCUT2D eigenvalue weighted by Crippen LogP contribution is 2.25. The molecule has 20 heavy (non-hydrogen) atoms. The van der Waals surface area contributed by atoms with E-state index in [1.54, 1.807) is 0 Å². The Hall–Kier alpha value is -2.96. The smallest absolute Gasteiger partial charge is 0.346 e. The van der Waals surface area contributed by atoms with Gasteiger partial charge in [-0.3, -0.25) is 0 Å². The van der Waals surface area contributed by atoms with Crippen LogP contribution in [-0.2, 0) is 0 Å². The van der Waals surface area contributed by atoms with Gasteiger partial charge in [0.25, 0.3) is 0 Å². The van der Waals surface area contributed by atoms with Crippen molar-refractivity contribution in [3.63, 3.8) is 0 Å². The van der Waals surface area contributed by atoms with E-state index in [1.807, 2.05) is 30.3 Å². The first kappa shape index (κ1) is 12.1. The van der Waals surface area contributed by atoms with Crippen molar-refractivity contribution in [2.75, 3.05) is 5.73 Å². The van der Waals surface area contributed by atoms with Crippen LogP contribution in [0, 0.1) is 5.82 Å². The van der Waals surface area contributed by atoms with Crippen LogP contribution in [0.5, 0.6) is 11.8 Å². The Morgan fingerprint density at radius 3 is 2.65 bits per heavy atom. The zero-order chi connectivity index (χ0) is 13.9. The fraction of sp³-hybridized carbons (Fsp3) is 0. The molecule has 1 aromatic heterocycles. The van der Waals surface area contributed by atoms with Crippen LogP contribution in [0.4, 0.5) is 10.1 Å². The van der Waals surface area contributed by atoms with E-state index >= 15 is 0 Å². The maximum atomic E-state index is 13.7. The standard InChI is InChI=1S/C13H10FN5O/c14-11-8-9(15)6-7-12(11)20-13-16-17-18-19(13)10-4-2-1-3-5-10/h1-8H,15H2. The summed E-state index contributed by atoms with van der Waals surface area (Å²) in [6, 6.07) is 13.4. The summed E-state index contributed by atoms with van der Waals surface area (Å²) in [7, 11) is 0. The van der Waals surface area contributed by atoms with Gasteiger partial charge in [-0.2, -0.15) is 4.68 Å². The molecule has 0 amide bonds. The molecule has 0 aliphatic heterocycles. The van der Waals surface area contributed by atoms with E-state index in [0.29, 0.717) is 11.4 Å². The number of anilines is 1. The number of rotatable bonds is 3. The van der Waals surface area contributed by atoms with Crippen LogP contribution >= 0.6 is 0 Å². The van der Waals surface area contributed by atoms with Gasteiger partial charge in [0.15, 0.2) is 11.6 Å². The minimum Gasteiger partial charge on any atom is -0.420 e. The lowest BCUT2D eigenvalue weighted by atomic mass is 10.3. The van der Waals surface area contributed by atoms with Crippen molar-refractivity contribution < 1.29 is 9.13 Å². The van der Waals surface area contributed by atoms with Gasteiger partial charge in [-0.1, -0.05) is 23.3 Å². The topological polar surface area (TPSA) is 78.8 Å². The molecule has 6 nitrogen and oxygen atoms in total. The lowest BCUT2D eigenvalue weighted by molar-refractivity contribution is 0.400. The number of para-hydroxylation sites is 1. The highest BCUT2D eigenvalue weighted by molar-refractivity contribution is 5.43. The molecule has 3 aromatic rings. The predicted molar refractivity (Wildman–Crippen MR) is 70.0 cm³/mol. The van der Waals surface area contributed by atoms with Crippen molar-refractivity contribution in [1.82, 2.24) is 20.2 Å². The van der Waals surface area contributed by atoms with Gasteiger partial charge in [0, 0.05) is 11.8 Å². The van der Waals surface area contributed by atoms with E-state index in [2.05, 4.69) is 15.5 Å². The zero-order valence-corrected chi connectivity index (χ0v) is 10.3. The van der Waals surface area contributed by atoms with Gasteiger partial charge in [0.2, 0.25) is 0 Å². The number of hydrogen-bond acceptors (Lipinski definition) is 5. The van der Waals surface area contributed by atoms with Gasteiger partial charge < -0.3 is 10.5 Å². The zero-order valence-electron chi connectivity index (χ0n) is 10.3. The Balaban J connectivity index is 1.95. The summed E-state index contributed by atoms with van der Waals surface area (Å²) in [5, 5.41) is 11.1. The second kappa shape index (κ2) is 4.96. The number of tetrazole rings is 1. The van der Waals surface area contributed by atoms with Gasteiger partial charge >= 0.3 is 6.01 Å². The number of nitrogens with zero attached hydrogens (tertiary/aromatic N) is 4. The van der Waals surface area contributed by atoms with E-state index in [9.17, 15) is 4.39 Å². The summed E-state index contributed by atoms with van der Waals surface area (Å²) in [5.74, 6) is -0.571. The SMILES string of the molecule is Nc1ccc(Oc2nnnn2-c2ccccc2)c(F)c1. The molecular weight excluding hydrogens is 261 g/mol. The molecule has 1 heterocycles. The monoisotopic (exact) mass is 271 g/mol. The number of benzene rings is 2. The van der Waals surface area contributed by atoms with Crippen LogP contribution in [0.15, 0.2) is 48.5 Å². The van der Waals surface area contributed by atoms with E-state index in [4.69, 9.17) is 10.5 Å². The van der Waals surface area contributed by atoms with Crippen molar-refractivity contribution in [3.05, 3.63) is 54.3 Å². The molecule has 0 fully saturated rings. The molecule has 0 atom stereocenters. The van der Waals surface area contributed by atoms with Crippen LogP contribution in [0.25, 0.3) is 5.69 Å². The highest BCUT2D eigenvalue weighted by atomic mass is 19.1. The lowest BCUT2D eigenvalue weighted by Gasteiger charge is -2.07. The first-order valence-electron chi connectivity index (χ1n) is 5.81. The summed E-state index contributed by atoms with van der Waals surface area (Å²) in [6.45, 7) is 0. The molecule has 3 rings (SSSR count). The predicted octanol–water partition coefficient (Wildman–Crippen LogP) is 2.18. The molecule has 0 saturated carbocycles. The minimum atomic E-state index is -0.576. The van der Waals surface area contributed by atoms with Crippen molar-refractivity contribution in [2.24, 2.45) is 0 Å². The number of hydrogen-bond donors (Lipinski definition) is 1. The Kier molecular flexibility index (Phi) is 3.00. The van der Waals surface area contributed by atoms with Crippen LogP contribution in [0.3, 0.4) is 0 Å². The Morgan fingerprint density at radius 2 is 1.90 bits per heavy atom. The number of ether oxygens (including phenoxy) is 1. The van der Waals surface area contributed by atoms with Crippen molar-refractivity contribution in [1.29, 1.82) is 0 Å². The van der Waals surface area contributed by atoms with Gasteiger partial charge in [-0.05, 0) is 34.7 Å². The van der Waals surface area contributed by atoms with Crippen molar-refractivity contribution >= 4 is 5.69 Å². The second-order valence-corrected chi connectivity index (χ2v) is 4.00. The molecule has 0 unspecified atom stereocenters. The molecule has 0 aliphatic carbocycles. The molecule has 0 aliphatic rings. The molecule has 2 N–H and O–H groups in total. The lowest BCUT2D eigenvalue weighted by Crippen LogP contribution is -2.01. The molecule has 0 spiro atoms. The number of nitrogens with two attached hydrogens (primary N) is 1. The molecular formula is C13H10FN5O. The highest BCUT2D eigenvalue weighted by Gasteiger charge is 2.13. The molecule has 7 heteroatoms. The van der Waals surface area contributed by atoms with Crippen LogP contribution in [0.2, 0.25) is 0 Å². The van der Waals surface area contributed by atoms with E-state index < -0.39 is 5.82 Å². The molecule has 0 bridgehead atoms. The van der Waals surface area contributed by atoms with Crippen molar-refractivity contribution in [2.45, 2.75) is 0 Å². The van der Waals surface area contributed by atoms with Gasteiger partial charge in [0.1, 0.15) is 0 Å². The normalized spacial score (nSPS) is 10.4. The summed E-state index contributed by atoms with van der Waals surface area (Å²) >= 11 is 0. The Morgan fingerprint density at radius 1 is 1.10 bits per heavy atom. The third-order valence-corrected chi connectivity index (χ3v) is 2.60. The number of nitrogen functional groups attached to an aromatic ring is 1. The van der Waals surface area contributed by atoms with Crippen molar-refractivity contribution in [3.8, 4) is 17.4 Å².